The molecule has 3 rings (SSSR count). The van der Waals surface area contributed by atoms with E-state index >= 15 is 0 Å². The number of rotatable bonds is 5. The zero-order chi connectivity index (χ0) is 21.5. The summed E-state index contributed by atoms with van der Waals surface area (Å²) >= 11 is 0. The number of anilines is 1. The van der Waals surface area contributed by atoms with Crippen LogP contribution in [-0.2, 0) is 6.54 Å². The van der Waals surface area contributed by atoms with E-state index in [1.165, 1.54) is 0 Å². The molecule has 0 bridgehead atoms. The molecule has 6 nitrogen and oxygen atoms in total. The van der Waals surface area contributed by atoms with E-state index in [1.807, 2.05) is 42.2 Å². The molecule has 1 fully saturated rings. The second kappa shape index (κ2) is 11.9. The summed E-state index contributed by atoms with van der Waals surface area (Å²) in [5, 5.41) is 9.52. The minimum Gasteiger partial charge on any atom is -0.352 e. The molecule has 31 heavy (non-hydrogen) atoms. The van der Waals surface area contributed by atoms with Crippen LogP contribution in [0.1, 0.15) is 42.5 Å². The highest BCUT2D eigenvalue weighted by molar-refractivity contribution is 14.0. The first-order chi connectivity index (χ1) is 14.5. The Bertz CT molecular complexity index is 915. The van der Waals surface area contributed by atoms with E-state index in [9.17, 15) is 9.18 Å². The Balaban J connectivity index is 0.00000341. The molecule has 0 aromatic heterocycles. The van der Waals surface area contributed by atoms with Gasteiger partial charge in [-0.1, -0.05) is 24.3 Å². The van der Waals surface area contributed by atoms with Gasteiger partial charge in [0.05, 0.1) is 6.04 Å². The van der Waals surface area contributed by atoms with E-state index in [1.54, 1.807) is 26.1 Å². The zero-order valence-corrected chi connectivity index (χ0v) is 20.6. The van der Waals surface area contributed by atoms with Crippen LogP contribution in [-0.4, -0.2) is 37.0 Å². The number of guanidine groups is 1. The van der Waals surface area contributed by atoms with Gasteiger partial charge in [-0.25, -0.2) is 9.18 Å². The largest absolute Gasteiger partial charge is 0.352 e. The lowest BCUT2D eigenvalue weighted by molar-refractivity contribution is 0.222. The predicted molar refractivity (Wildman–Crippen MR) is 135 cm³/mol. The molecule has 1 heterocycles. The van der Waals surface area contributed by atoms with Crippen molar-refractivity contribution in [2.45, 2.75) is 39.3 Å². The Morgan fingerprint density at radius 1 is 1.19 bits per heavy atom. The first-order valence-electron chi connectivity index (χ1n) is 10.3. The lowest BCUT2D eigenvalue weighted by Gasteiger charge is -2.19. The summed E-state index contributed by atoms with van der Waals surface area (Å²) in [5.74, 6) is 0.409. The van der Waals surface area contributed by atoms with Crippen molar-refractivity contribution in [2.75, 3.05) is 25.5 Å². The van der Waals surface area contributed by atoms with Gasteiger partial charge in [-0.3, -0.25) is 4.99 Å². The van der Waals surface area contributed by atoms with Gasteiger partial charge in [0, 0.05) is 32.4 Å². The SMILES string of the molecule is CN=C(NCc1cccc(NC(=O)N2CCCC2)c1)NC(C)c1ccc(C)c(F)c1.I. The fourth-order valence-corrected chi connectivity index (χ4v) is 3.43. The maximum absolute atomic E-state index is 13.8. The van der Waals surface area contributed by atoms with Crippen LogP contribution in [0, 0.1) is 12.7 Å². The Kier molecular flexibility index (Phi) is 9.54. The van der Waals surface area contributed by atoms with Crippen molar-refractivity contribution < 1.29 is 9.18 Å². The van der Waals surface area contributed by atoms with Gasteiger partial charge in [0.25, 0.3) is 0 Å². The number of likely N-dealkylation sites (tertiary alicyclic amines) is 1. The van der Waals surface area contributed by atoms with Crippen LogP contribution >= 0.6 is 24.0 Å². The van der Waals surface area contributed by atoms with Crippen molar-refractivity contribution in [3.63, 3.8) is 0 Å². The highest BCUT2D eigenvalue weighted by atomic mass is 127. The van der Waals surface area contributed by atoms with Crippen LogP contribution in [0.25, 0.3) is 0 Å². The number of benzene rings is 2. The summed E-state index contributed by atoms with van der Waals surface area (Å²) in [4.78, 5) is 18.4. The average molecular weight is 539 g/mol. The zero-order valence-electron chi connectivity index (χ0n) is 18.2. The molecule has 2 amide bonds. The average Bonchev–Trinajstić information content (AvgIpc) is 3.28. The van der Waals surface area contributed by atoms with E-state index in [2.05, 4.69) is 20.9 Å². The molecule has 0 spiro atoms. The maximum atomic E-state index is 13.8. The molecule has 8 heteroatoms. The summed E-state index contributed by atoms with van der Waals surface area (Å²) in [5.41, 5.74) is 3.28. The molecule has 0 radical (unpaired) electrons. The van der Waals surface area contributed by atoms with E-state index in [-0.39, 0.29) is 41.9 Å². The lowest BCUT2D eigenvalue weighted by atomic mass is 10.1. The molecular weight excluding hydrogens is 508 g/mol. The summed E-state index contributed by atoms with van der Waals surface area (Å²) in [7, 11) is 1.70. The molecule has 168 valence electrons. The van der Waals surface area contributed by atoms with Gasteiger partial charge in [-0.2, -0.15) is 0 Å². The van der Waals surface area contributed by atoms with Gasteiger partial charge in [-0.15, -0.1) is 24.0 Å². The normalized spacial score (nSPS) is 14.6. The Morgan fingerprint density at radius 3 is 2.61 bits per heavy atom. The predicted octanol–water partition coefficient (Wildman–Crippen LogP) is 4.81. The molecule has 0 aliphatic carbocycles. The molecule has 2 aromatic carbocycles. The number of halogens is 2. The van der Waals surface area contributed by atoms with Crippen LogP contribution < -0.4 is 16.0 Å². The van der Waals surface area contributed by atoms with Gasteiger partial charge in [-0.05, 0) is 61.6 Å². The molecule has 1 aliphatic rings. The quantitative estimate of drug-likeness (QED) is 0.291. The number of aryl methyl sites for hydroxylation is 1. The molecule has 0 saturated carbocycles. The summed E-state index contributed by atoms with van der Waals surface area (Å²) in [6, 6.07) is 12.8. The number of carbonyl (C=O) groups is 1. The number of nitrogens with one attached hydrogen (secondary N) is 3. The third-order valence-corrected chi connectivity index (χ3v) is 5.30. The molecule has 2 aromatic rings. The van der Waals surface area contributed by atoms with E-state index < -0.39 is 0 Å². The summed E-state index contributed by atoms with van der Waals surface area (Å²) < 4.78 is 13.8. The number of hydrogen-bond donors (Lipinski definition) is 3. The second-order valence-electron chi connectivity index (χ2n) is 7.63. The lowest BCUT2D eigenvalue weighted by Crippen LogP contribution is -2.38. The van der Waals surface area contributed by atoms with Gasteiger partial charge >= 0.3 is 6.03 Å². The number of aliphatic imine (C=N–C) groups is 1. The van der Waals surface area contributed by atoms with Gasteiger partial charge in [0.15, 0.2) is 5.96 Å². The molecule has 3 N–H and O–H groups in total. The highest BCUT2D eigenvalue weighted by Gasteiger charge is 2.17. The smallest absolute Gasteiger partial charge is 0.321 e. The van der Waals surface area contributed by atoms with Crippen LogP contribution in [0.3, 0.4) is 0 Å². The van der Waals surface area contributed by atoms with Crippen LogP contribution in [0.15, 0.2) is 47.5 Å². The van der Waals surface area contributed by atoms with Crippen molar-refractivity contribution >= 4 is 41.7 Å². The second-order valence-corrected chi connectivity index (χ2v) is 7.63. The standard InChI is InChI=1S/C23H30FN5O.HI/c1-16-9-10-19(14-21(16)24)17(2)27-22(25-3)26-15-18-7-6-8-20(13-18)28-23(30)29-11-4-5-12-29;/h6-10,13-14,17H,4-5,11-12,15H2,1-3H3,(H,28,30)(H2,25,26,27);1H. The van der Waals surface area contributed by atoms with Crippen molar-refractivity contribution in [3.8, 4) is 0 Å². The monoisotopic (exact) mass is 539 g/mol. The van der Waals surface area contributed by atoms with Crippen LogP contribution in [0.5, 0.6) is 0 Å². The fraction of sp³-hybridized carbons (Fsp3) is 0.391. The number of hydrogen-bond acceptors (Lipinski definition) is 2. The molecule has 1 atom stereocenters. The molecule has 1 aliphatic heterocycles. The fourth-order valence-electron chi connectivity index (χ4n) is 3.43. The van der Waals surface area contributed by atoms with Crippen molar-refractivity contribution in [1.82, 2.24) is 15.5 Å². The van der Waals surface area contributed by atoms with Crippen LogP contribution in [0.4, 0.5) is 14.9 Å². The van der Waals surface area contributed by atoms with Gasteiger partial charge in [0.2, 0.25) is 0 Å². The number of nitrogens with zero attached hydrogens (tertiary/aromatic N) is 2. The summed E-state index contributed by atoms with van der Waals surface area (Å²) in [6.45, 7) is 5.89. The molecular formula is C23H31FIN5O. The van der Waals surface area contributed by atoms with Gasteiger partial charge in [0.1, 0.15) is 5.82 Å². The van der Waals surface area contributed by atoms with E-state index in [0.29, 0.717) is 18.1 Å². The molecule has 1 saturated heterocycles. The first-order valence-corrected chi connectivity index (χ1v) is 10.3. The van der Waals surface area contributed by atoms with Crippen LogP contribution in [0.2, 0.25) is 0 Å². The number of urea groups is 1. The third-order valence-electron chi connectivity index (χ3n) is 5.30. The highest BCUT2D eigenvalue weighted by Crippen LogP contribution is 2.17. The summed E-state index contributed by atoms with van der Waals surface area (Å²) in [6.07, 6.45) is 2.13. The topological polar surface area (TPSA) is 68.8 Å². The third kappa shape index (κ3) is 7.09. The number of amides is 2. The Labute approximate surface area is 200 Å². The van der Waals surface area contributed by atoms with Gasteiger partial charge < -0.3 is 20.9 Å². The van der Waals surface area contributed by atoms with Crippen molar-refractivity contribution in [3.05, 3.63) is 65.0 Å². The maximum Gasteiger partial charge on any atom is 0.321 e. The Hall–Kier alpha value is -2.36. The Morgan fingerprint density at radius 2 is 1.94 bits per heavy atom. The van der Waals surface area contributed by atoms with E-state index in [4.69, 9.17) is 0 Å². The number of carbonyl (C=O) groups excluding carboxylic acids is 1. The first kappa shape index (κ1) is 24.9. The van der Waals surface area contributed by atoms with Crippen molar-refractivity contribution in [2.24, 2.45) is 4.99 Å². The molecule has 1 unspecified atom stereocenters. The van der Waals surface area contributed by atoms with E-state index in [0.717, 1.165) is 42.7 Å². The van der Waals surface area contributed by atoms with Crippen molar-refractivity contribution in [1.29, 1.82) is 0 Å². The minimum atomic E-state index is -0.211. The minimum absolute atomic E-state index is 0.